The lowest BCUT2D eigenvalue weighted by atomic mass is 9.98. The number of carbonyl (C=O) groups excluding carboxylic acids is 2. The Bertz CT molecular complexity index is 1620. The van der Waals surface area contributed by atoms with Crippen LogP contribution in [-0.2, 0) is 11.3 Å². The molecule has 1 atom stereocenters. The summed E-state index contributed by atoms with van der Waals surface area (Å²) >= 11 is 6.34. The maximum atomic E-state index is 14.2. The zero-order valence-electron chi connectivity index (χ0n) is 26.0. The van der Waals surface area contributed by atoms with Crippen molar-refractivity contribution in [3.8, 4) is 0 Å². The molecule has 0 aliphatic rings. The maximum Gasteiger partial charge on any atom is 0.261 e. The number of hydrogen-bond acceptors (Lipinski definition) is 5. The maximum absolute atomic E-state index is 14.2. The minimum atomic E-state index is -0.501. The molecule has 0 saturated heterocycles. The topological polar surface area (TPSA) is 96.3 Å². The van der Waals surface area contributed by atoms with Gasteiger partial charge in [-0.1, -0.05) is 73.5 Å². The molecule has 1 heterocycles. The molecule has 3 aromatic carbocycles. The number of fused-ring (bicyclic) bond motifs is 1. The molecular weight excluding hydrogens is 574 g/mol. The lowest BCUT2D eigenvalue weighted by Crippen LogP contribution is -2.42. The highest BCUT2D eigenvalue weighted by Crippen LogP contribution is 2.31. The van der Waals surface area contributed by atoms with E-state index in [4.69, 9.17) is 16.6 Å². The van der Waals surface area contributed by atoms with E-state index in [1.165, 1.54) is 0 Å². The fourth-order valence-corrected chi connectivity index (χ4v) is 5.54. The van der Waals surface area contributed by atoms with Gasteiger partial charge in [-0.15, -0.1) is 0 Å². The van der Waals surface area contributed by atoms with Crippen LogP contribution >= 0.6 is 11.6 Å². The number of halogens is 1. The highest BCUT2D eigenvalue weighted by Gasteiger charge is 2.32. The Morgan fingerprint density at radius 3 is 2.41 bits per heavy atom. The Labute approximate surface area is 264 Å². The number of aryl methyl sites for hydroxylation is 1. The molecule has 232 valence electrons. The first-order chi connectivity index (χ1) is 21.2. The van der Waals surface area contributed by atoms with Gasteiger partial charge in [-0.2, -0.15) is 0 Å². The van der Waals surface area contributed by atoms with Crippen molar-refractivity contribution in [2.75, 3.05) is 26.2 Å². The van der Waals surface area contributed by atoms with Gasteiger partial charge in [0, 0.05) is 36.6 Å². The third-order valence-electron chi connectivity index (χ3n) is 7.58. The van der Waals surface area contributed by atoms with Crippen LogP contribution in [0.5, 0.6) is 0 Å². The Morgan fingerprint density at radius 1 is 1.00 bits per heavy atom. The summed E-state index contributed by atoms with van der Waals surface area (Å²) in [6.07, 6.45) is 1.04. The number of rotatable bonds is 14. The van der Waals surface area contributed by atoms with Gasteiger partial charge in [-0.05, 0) is 68.6 Å². The van der Waals surface area contributed by atoms with E-state index in [-0.39, 0.29) is 23.3 Å². The average Bonchev–Trinajstić information content (AvgIpc) is 3.00. The van der Waals surface area contributed by atoms with Crippen molar-refractivity contribution in [3.05, 3.63) is 111 Å². The second-order valence-electron chi connectivity index (χ2n) is 11.4. The van der Waals surface area contributed by atoms with Crippen molar-refractivity contribution in [3.63, 3.8) is 0 Å². The number of hydrogen-bond donors (Lipinski definition) is 2. The standard InChI is InChI=1S/C35H42ClN5O3/c1-5-38-31(42)18-20-37-19-9-21-40(34(43)27-14-12-25(4)13-15-27)32(24(2)3)33-39-30-22-28(36)16-17-29(30)35(44)41(33)23-26-10-7-6-8-11-26/h6-8,10-17,22,24,32,37H,5,9,18-21,23H2,1-4H3,(H,38,42). The van der Waals surface area contributed by atoms with E-state index in [1.54, 1.807) is 22.8 Å². The molecule has 1 aromatic heterocycles. The highest BCUT2D eigenvalue weighted by atomic mass is 35.5. The molecule has 0 aliphatic carbocycles. The van der Waals surface area contributed by atoms with E-state index in [0.717, 1.165) is 11.1 Å². The fourth-order valence-electron chi connectivity index (χ4n) is 5.37. The normalized spacial score (nSPS) is 12.0. The molecule has 1 unspecified atom stereocenters. The Kier molecular flexibility index (Phi) is 11.7. The lowest BCUT2D eigenvalue weighted by molar-refractivity contribution is -0.120. The minimum absolute atomic E-state index is 0.00918. The molecule has 9 heteroatoms. The Hall–Kier alpha value is -4.01. The van der Waals surface area contributed by atoms with Crippen LogP contribution in [0.2, 0.25) is 5.02 Å². The second-order valence-corrected chi connectivity index (χ2v) is 11.8. The zero-order chi connectivity index (χ0) is 31.6. The summed E-state index contributed by atoms with van der Waals surface area (Å²) in [5.74, 6) is 0.335. The van der Waals surface area contributed by atoms with Crippen LogP contribution in [0.1, 0.15) is 67.0 Å². The molecule has 0 radical (unpaired) electrons. The number of nitrogens with zero attached hydrogens (tertiary/aromatic N) is 3. The molecule has 2 N–H and O–H groups in total. The molecule has 0 aliphatic heterocycles. The molecule has 0 bridgehead atoms. The van der Waals surface area contributed by atoms with Crippen LogP contribution in [0.15, 0.2) is 77.6 Å². The van der Waals surface area contributed by atoms with E-state index in [1.807, 2.05) is 87.2 Å². The lowest BCUT2D eigenvalue weighted by Gasteiger charge is -2.35. The van der Waals surface area contributed by atoms with Crippen molar-refractivity contribution in [1.82, 2.24) is 25.1 Å². The van der Waals surface area contributed by atoms with Crippen LogP contribution in [0.4, 0.5) is 0 Å². The third kappa shape index (κ3) is 8.33. The average molecular weight is 616 g/mol. The minimum Gasteiger partial charge on any atom is -0.356 e. The fraction of sp³-hybridized carbons (Fsp3) is 0.371. The third-order valence-corrected chi connectivity index (χ3v) is 7.81. The quantitative estimate of drug-likeness (QED) is 0.176. The van der Waals surface area contributed by atoms with Gasteiger partial charge in [0.2, 0.25) is 5.91 Å². The zero-order valence-corrected chi connectivity index (χ0v) is 26.7. The molecule has 2 amide bonds. The molecule has 0 fully saturated rings. The summed E-state index contributed by atoms with van der Waals surface area (Å²) in [7, 11) is 0. The highest BCUT2D eigenvalue weighted by molar-refractivity contribution is 6.31. The van der Waals surface area contributed by atoms with E-state index >= 15 is 0 Å². The van der Waals surface area contributed by atoms with Crippen LogP contribution in [0, 0.1) is 12.8 Å². The second kappa shape index (κ2) is 15.6. The van der Waals surface area contributed by atoms with Gasteiger partial charge in [0.05, 0.1) is 23.5 Å². The van der Waals surface area contributed by atoms with Crippen molar-refractivity contribution in [2.45, 2.75) is 53.1 Å². The molecule has 0 saturated carbocycles. The molecule has 8 nitrogen and oxygen atoms in total. The predicted molar refractivity (Wildman–Crippen MR) is 177 cm³/mol. The number of benzene rings is 3. The van der Waals surface area contributed by atoms with Gasteiger partial charge in [0.15, 0.2) is 0 Å². The molecule has 0 spiro atoms. The molecular formula is C35H42ClN5O3. The number of carbonyl (C=O) groups is 2. The Morgan fingerprint density at radius 2 is 1.73 bits per heavy atom. The summed E-state index contributed by atoms with van der Waals surface area (Å²) in [5, 5.41) is 7.09. The van der Waals surface area contributed by atoms with Gasteiger partial charge in [-0.3, -0.25) is 19.0 Å². The van der Waals surface area contributed by atoms with E-state index in [9.17, 15) is 14.4 Å². The summed E-state index contributed by atoms with van der Waals surface area (Å²) in [6.45, 7) is 10.5. The summed E-state index contributed by atoms with van der Waals surface area (Å²) < 4.78 is 1.70. The monoisotopic (exact) mass is 615 g/mol. The summed E-state index contributed by atoms with van der Waals surface area (Å²) in [4.78, 5) is 47.0. The van der Waals surface area contributed by atoms with Crippen LogP contribution in [0.3, 0.4) is 0 Å². The first-order valence-electron chi connectivity index (χ1n) is 15.3. The molecule has 44 heavy (non-hydrogen) atoms. The number of aromatic nitrogens is 2. The van der Waals surface area contributed by atoms with Gasteiger partial charge in [-0.25, -0.2) is 4.98 Å². The van der Waals surface area contributed by atoms with Gasteiger partial charge in [0.1, 0.15) is 5.82 Å². The van der Waals surface area contributed by atoms with Crippen LogP contribution in [0.25, 0.3) is 10.9 Å². The van der Waals surface area contributed by atoms with Gasteiger partial charge >= 0.3 is 0 Å². The van der Waals surface area contributed by atoms with Crippen molar-refractivity contribution < 1.29 is 9.59 Å². The van der Waals surface area contributed by atoms with Crippen LogP contribution in [-0.4, -0.2) is 52.4 Å². The molecule has 4 aromatic rings. The smallest absolute Gasteiger partial charge is 0.261 e. The largest absolute Gasteiger partial charge is 0.356 e. The molecule has 4 rings (SSSR count). The van der Waals surface area contributed by atoms with E-state index in [0.29, 0.717) is 72.9 Å². The van der Waals surface area contributed by atoms with Crippen molar-refractivity contribution >= 4 is 34.3 Å². The van der Waals surface area contributed by atoms with Crippen molar-refractivity contribution in [1.29, 1.82) is 0 Å². The van der Waals surface area contributed by atoms with Crippen LogP contribution < -0.4 is 16.2 Å². The number of amides is 2. The predicted octanol–water partition coefficient (Wildman–Crippen LogP) is 5.75. The number of nitrogens with one attached hydrogen (secondary N) is 2. The van der Waals surface area contributed by atoms with E-state index < -0.39 is 6.04 Å². The Balaban J connectivity index is 1.75. The van der Waals surface area contributed by atoms with E-state index in [2.05, 4.69) is 10.6 Å². The first kappa shape index (κ1) is 32.9. The summed E-state index contributed by atoms with van der Waals surface area (Å²) in [5.41, 5.74) is 2.93. The van der Waals surface area contributed by atoms with Gasteiger partial charge < -0.3 is 15.5 Å². The first-order valence-corrected chi connectivity index (χ1v) is 15.7. The summed E-state index contributed by atoms with van der Waals surface area (Å²) in [6, 6.07) is 22.0. The van der Waals surface area contributed by atoms with Gasteiger partial charge in [0.25, 0.3) is 11.5 Å². The SMILES string of the molecule is CCNC(=O)CCNCCCN(C(=O)c1ccc(C)cc1)C(c1nc2cc(Cl)ccc2c(=O)n1Cc1ccccc1)C(C)C. The van der Waals surface area contributed by atoms with Crippen molar-refractivity contribution in [2.24, 2.45) is 5.92 Å².